The van der Waals surface area contributed by atoms with Crippen LogP contribution in [-0.2, 0) is 10.0 Å². The van der Waals surface area contributed by atoms with E-state index in [0.717, 1.165) is 25.5 Å². The number of nitrogens with zero attached hydrogens (tertiary/aromatic N) is 1. The molecule has 124 valence electrons. The number of methoxy groups -OCH3 is 1. The summed E-state index contributed by atoms with van der Waals surface area (Å²) in [4.78, 5) is 10.1. The lowest BCUT2D eigenvalue weighted by Gasteiger charge is -2.23. The van der Waals surface area contributed by atoms with Gasteiger partial charge in [-0.1, -0.05) is 0 Å². The third kappa shape index (κ3) is 4.29. The number of ether oxygens (including phenoxy) is 1. The Kier molecular flexibility index (Phi) is 6.54. The first-order valence-corrected chi connectivity index (χ1v) is 7.98. The smallest absolute Gasteiger partial charge is 0.312 e. The standard InChI is InChI=1S/C12H17N3O5S.ClH/c1-20-12-5-4-10(7-11(12)15(16)17)21(18,19)14-9-3-2-6-13-8-9;/h4-5,7,9,13-14H,2-3,6,8H2,1H3;1H/t9-;/m1./s1. The Bertz CT molecular complexity index is 632. The van der Waals surface area contributed by atoms with Crippen LogP contribution in [0.2, 0.25) is 0 Å². The average Bonchev–Trinajstić information content (AvgIpc) is 2.47. The highest BCUT2D eigenvalue weighted by molar-refractivity contribution is 7.89. The maximum absolute atomic E-state index is 12.3. The molecule has 1 aromatic rings. The van der Waals surface area contributed by atoms with Crippen LogP contribution in [0.25, 0.3) is 0 Å². The topological polar surface area (TPSA) is 111 Å². The number of nitro benzene ring substituents is 1. The van der Waals surface area contributed by atoms with Crippen molar-refractivity contribution in [3.8, 4) is 5.75 Å². The fourth-order valence-corrected chi connectivity index (χ4v) is 3.51. The van der Waals surface area contributed by atoms with E-state index < -0.39 is 14.9 Å². The zero-order chi connectivity index (χ0) is 15.5. The van der Waals surface area contributed by atoms with Gasteiger partial charge in [-0.2, -0.15) is 0 Å². The van der Waals surface area contributed by atoms with Crippen LogP contribution >= 0.6 is 12.4 Å². The Hall–Kier alpha value is -1.42. The molecule has 0 unspecified atom stereocenters. The predicted molar refractivity (Wildman–Crippen MR) is 83.1 cm³/mol. The number of piperidine rings is 1. The molecule has 1 fully saturated rings. The van der Waals surface area contributed by atoms with Gasteiger partial charge in [-0.25, -0.2) is 13.1 Å². The predicted octanol–water partition coefficient (Wildman–Crippen LogP) is 1.06. The monoisotopic (exact) mass is 351 g/mol. The van der Waals surface area contributed by atoms with Gasteiger partial charge in [-0.15, -0.1) is 12.4 Å². The third-order valence-corrected chi connectivity index (χ3v) is 4.79. The van der Waals surface area contributed by atoms with Crippen molar-refractivity contribution >= 4 is 28.1 Å². The number of hydrogen-bond acceptors (Lipinski definition) is 6. The second-order valence-electron chi connectivity index (χ2n) is 4.76. The highest BCUT2D eigenvalue weighted by Gasteiger charge is 2.25. The summed E-state index contributed by atoms with van der Waals surface area (Å²) in [6.45, 7) is 1.42. The van der Waals surface area contributed by atoms with Gasteiger partial charge in [0.2, 0.25) is 10.0 Å². The van der Waals surface area contributed by atoms with Crippen LogP contribution in [0, 0.1) is 10.1 Å². The Labute approximate surface area is 134 Å². The lowest BCUT2D eigenvalue weighted by molar-refractivity contribution is -0.386. The van der Waals surface area contributed by atoms with Crippen molar-refractivity contribution in [2.24, 2.45) is 0 Å². The first kappa shape index (κ1) is 18.6. The Morgan fingerprint density at radius 2 is 2.18 bits per heavy atom. The van der Waals surface area contributed by atoms with Crippen molar-refractivity contribution in [3.05, 3.63) is 28.3 Å². The molecule has 8 nitrogen and oxygen atoms in total. The second-order valence-corrected chi connectivity index (χ2v) is 6.47. The van der Waals surface area contributed by atoms with Crippen LogP contribution in [0.3, 0.4) is 0 Å². The first-order valence-electron chi connectivity index (χ1n) is 6.49. The quantitative estimate of drug-likeness (QED) is 0.606. The van der Waals surface area contributed by atoms with Gasteiger partial charge in [0.15, 0.2) is 5.75 Å². The van der Waals surface area contributed by atoms with Crippen LogP contribution in [-0.4, -0.2) is 39.6 Å². The van der Waals surface area contributed by atoms with E-state index in [1.807, 2.05) is 0 Å². The molecule has 1 aromatic carbocycles. The zero-order valence-electron chi connectivity index (χ0n) is 11.9. The molecule has 0 spiro atoms. The van der Waals surface area contributed by atoms with Gasteiger partial charge in [0.25, 0.3) is 0 Å². The summed E-state index contributed by atoms with van der Waals surface area (Å²) in [5.41, 5.74) is -0.373. The fraction of sp³-hybridized carbons (Fsp3) is 0.500. The SMILES string of the molecule is COc1ccc(S(=O)(=O)N[C@@H]2CCCNC2)cc1[N+](=O)[O-].Cl. The van der Waals surface area contributed by atoms with E-state index >= 15 is 0 Å². The van der Waals surface area contributed by atoms with Gasteiger partial charge in [0.05, 0.1) is 16.9 Å². The number of rotatable bonds is 5. The van der Waals surface area contributed by atoms with Crippen molar-refractivity contribution in [2.75, 3.05) is 20.2 Å². The van der Waals surface area contributed by atoms with Crippen LogP contribution in [0.15, 0.2) is 23.1 Å². The van der Waals surface area contributed by atoms with E-state index in [2.05, 4.69) is 10.0 Å². The molecule has 1 aliphatic heterocycles. The molecule has 0 bridgehead atoms. The molecular weight excluding hydrogens is 334 g/mol. The van der Waals surface area contributed by atoms with Gasteiger partial charge in [-0.3, -0.25) is 10.1 Å². The normalized spacial score (nSPS) is 18.3. The van der Waals surface area contributed by atoms with Gasteiger partial charge >= 0.3 is 5.69 Å². The molecule has 1 heterocycles. The molecular formula is C12H18ClN3O5S. The number of halogens is 1. The van der Waals surface area contributed by atoms with Crippen molar-refractivity contribution < 1.29 is 18.1 Å². The summed E-state index contributed by atoms with van der Waals surface area (Å²) in [6, 6.07) is 3.39. The highest BCUT2D eigenvalue weighted by atomic mass is 35.5. The molecule has 0 saturated carbocycles. The number of nitrogens with one attached hydrogen (secondary N) is 2. The lowest BCUT2D eigenvalue weighted by atomic mass is 10.1. The van der Waals surface area contributed by atoms with Gasteiger partial charge in [-0.05, 0) is 31.5 Å². The van der Waals surface area contributed by atoms with Crippen molar-refractivity contribution in [2.45, 2.75) is 23.8 Å². The van der Waals surface area contributed by atoms with Crippen LogP contribution < -0.4 is 14.8 Å². The minimum Gasteiger partial charge on any atom is -0.490 e. The minimum atomic E-state index is -3.79. The summed E-state index contributed by atoms with van der Waals surface area (Å²) in [5.74, 6) is 0.0262. The molecule has 10 heteroatoms. The second kappa shape index (κ2) is 7.73. The van der Waals surface area contributed by atoms with Crippen LogP contribution in [0.1, 0.15) is 12.8 Å². The maximum atomic E-state index is 12.3. The van der Waals surface area contributed by atoms with E-state index in [4.69, 9.17) is 4.74 Å². The molecule has 0 amide bonds. The average molecular weight is 352 g/mol. The number of hydrogen-bond donors (Lipinski definition) is 2. The zero-order valence-corrected chi connectivity index (χ0v) is 13.6. The molecule has 0 radical (unpaired) electrons. The Balaban J connectivity index is 0.00000242. The third-order valence-electron chi connectivity index (χ3n) is 3.28. The summed E-state index contributed by atoms with van der Waals surface area (Å²) in [7, 11) is -2.50. The van der Waals surface area contributed by atoms with E-state index in [-0.39, 0.29) is 34.8 Å². The summed E-state index contributed by atoms with van der Waals surface area (Å²) in [6.07, 6.45) is 1.63. The van der Waals surface area contributed by atoms with Gasteiger partial charge in [0, 0.05) is 18.7 Å². The number of benzene rings is 1. The molecule has 1 saturated heterocycles. The maximum Gasteiger partial charge on any atom is 0.312 e. The number of nitro groups is 1. The molecule has 1 aliphatic rings. The van der Waals surface area contributed by atoms with Crippen molar-refractivity contribution in [1.82, 2.24) is 10.0 Å². The van der Waals surface area contributed by atoms with E-state index in [1.165, 1.54) is 19.2 Å². The molecule has 0 aromatic heterocycles. The van der Waals surface area contributed by atoms with Crippen LogP contribution in [0.4, 0.5) is 5.69 Å². The highest BCUT2D eigenvalue weighted by Crippen LogP contribution is 2.29. The molecule has 1 atom stereocenters. The molecule has 2 N–H and O–H groups in total. The molecule has 2 rings (SSSR count). The van der Waals surface area contributed by atoms with Crippen LogP contribution in [0.5, 0.6) is 5.75 Å². The molecule has 22 heavy (non-hydrogen) atoms. The van der Waals surface area contributed by atoms with Crippen molar-refractivity contribution in [3.63, 3.8) is 0 Å². The summed E-state index contributed by atoms with van der Waals surface area (Å²) >= 11 is 0. The molecule has 0 aliphatic carbocycles. The van der Waals surface area contributed by atoms with E-state index in [0.29, 0.717) is 6.54 Å². The van der Waals surface area contributed by atoms with E-state index in [9.17, 15) is 18.5 Å². The summed E-state index contributed by atoms with van der Waals surface area (Å²) in [5, 5.41) is 14.1. The Morgan fingerprint density at radius 1 is 1.45 bits per heavy atom. The Morgan fingerprint density at radius 3 is 2.73 bits per heavy atom. The fourth-order valence-electron chi connectivity index (χ4n) is 2.22. The number of sulfonamides is 1. The lowest BCUT2D eigenvalue weighted by Crippen LogP contribution is -2.45. The largest absolute Gasteiger partial charge is 0.490 e. The first-order chi connectivity index (χ1) is 9.94. The van der Waals surface area contributed by atoms with Gasteiger partial charge in [0.1, 0.15) is 0 Å². The summed E-state index contributed by atoms with van der Waals surface area (Å²) < 4.78 is 32.0. The van der Waals surface area contributed by atoms with E-state index in [1.54, 1.807) is 0 Å². The minimum absolute atomic E-state index is 0. The van der Waals surface area contributed by atoms with Crippen molar-refractivity contribution in [1.29, 1.82) is 0 Å². The van der Waals surface area contributed by atoms with Gasteiger partial charge < -0.3 is 10.1 Å².